The third kappa shape index (κ3) is 5.66. The number of amides is 1. The van der Waals surface area contributed by atoms with E-state index < -0.39 is 12.5 Å². The summed E-state index contributed by atoms with van der Waals surface area (Å²) in [5, 5.41) is 2.79. The van der Waals surface area contributed by atoms with Crippen LogP contribution >= 0.6 is 0 Å². The number of hydrogen-bond donors (Lipinski definition) is 1. The van der Waals surface area contributed by atoms with Crippen LogP contribution in [0, 0.1) is 0 Å². The lowest BCUT2D eigenvalue weighted by Gasteiger charge is -2.22. The fraction of sp³-hybridized carbons (Fsp3) is 0.381. The highest BCUT2D eigenvalue weighted by molar-refractivity contribution is 5.97. The summed E-state index contributed by atoms with van der Waals surface area (Å²) in [6.07, 6.45) is 0. The van der Waals surface area contributed by atoms with Gasteiger partial charge in [-0.05, 0) is 44.2 Å². The normalized spacial score (nSPS) is 11.2. The number of ether oxygens (including phenoxy) is 2. The molecule has 28 heavy (non-hydrogen) atoms. The van der Waals surface area contributed by atoms with Crippen molar-refractivity contribution < 1.29 is 23.0 Å². The fourth-order valence-corrected chi connectivity index (χ4v) is 2.67. The molecule has 0 atom stereocenters. The van der Waals surface area contributed by atoms with Crippen molar-refractivity contribution in [3.8, 4) is 11.5 Å². The Balaban J connectivity index is 2.17. The molecule has 0 heterocycles. The van der Waals surface area contributed by atoms with Crippen LogP contribution in [0.4, 0.5) is 8.78 Å². The van der Waals surface area contributed by atoms with Gasteiger partial charge in [0.25, 0.3) is 5.91 Å². The van der Waals surface area contributed by atoms with Crippen molar-refractivity contribution in [2.45, 2.75) is 39.6 Å². The van der Waals surface area contributed by atoms with Crippen LogP contribution in [-0.4, -0.2) is 37.6 Å². The third-order valence-corrected chi connectivity index (χ3v) is 4.51. The first-order valence-electron chi connectivity index (χ1n) is 9.00. The molecule has 0 aliphatic carbocycles. The predicted molar refractivity (Wildman–Crippen MR) is 104 cm³/mol. The first-order chi connectivity index (χ1) is 13.3. The summed E-state index contributed by atoms with van der Waals surface area (Å²) in [5.41, 5.74) is 2.05. The minimum absolute atomic E-state index is 0.00331. The molecular weight excluding hydrogens is 366 g/mol. The van der Waals surface area contributed by atoms with Crippen molar-refractivity contribution in [2.24, 2.45) is 0 Å². The Labute approximate surface area is 164 Å². The Bertz CT molecular complexity index is 797. The van der Waals surface area contributed by atoms with Gasteiger partial charge in [0.2, 0.25) is 0 Å². The molecule has 2 aromatic carbocycles. The summed E-state index contributed by atoms with van der Waals surface area (Å²) in [7, 11) is 3.36. The highest BCUT2D eigenvalue weighted by Gasteiger charge is 2.20. The van der Waals surface area contributed by atoms with Crippen LogP contribution in [0.5, 0.6) is 11.5 Å². The highest BCUT2D eigenvalue weighted by atomic mass is 19.3. The van der Waals surface area contributed by atoms with E-state index in [-0.39, 0.29) is 23.6 Å². The molecule has 7 heteroatoms. The molecule has 0 saturated heterocycles. The first kappa shape index (κ1) is 21.6. The standard InChI is InChI=1S/C21H26F2N2O3/c1-14(2)25(3)13-16-9-6-5-8-15(16)12-24-20(26)17-10-7-11-18(27-4)19(17)28-21(22)23/h5-11,14,21H,12-13H2,1-4H3,(H,24,26). The van der Waals surface area contributed by atoms with Gasteiger partial charge >= 0.3 is 6.61 Å². The zero-order valence-corrected chi connectivity index (χ0v) is 16.5. The molecule has 0 aliphatic heterocycles. The predicted octanol–water partition coefficient (Wildman–Crippen LogP) is 4.07. The van der Waals surface area contributed by atoms with Crippen molar-refractivity contribution in [3.05, 3.63) is 59.2 Å². The van der Waals surface area contributed by atoms with Crippen LogP contribution in [0.1, 0.15) is 35.3 Å². The van der Waals surface area contributed by atoms with Crippen molar-refractivity contribution >= 4 is 5.91 Å². The number of nitrogens with zero attached hydrogens (tertiary/aromatic N) is 1. The highest BCUT2D eigenvalue weighted by Crippen LogP contribution is 2.32. The average Bonchev–Trinajstić information content (AvgIpc) is 2.66. The van der Waals surface area contributed by atoms with Crippen LogP contribution in [0.2, 0.25) is 0 Å². The van der Waals surface area contributed by atoms with Crippen molar-refractivity contribution in [2.75, 3.05) is 14.2 Å². The SMILES string of the molecule is COc1cccc(C(=O)NCc2ccccc2CN(C)C(C)C)c1OC(F)F. The molecule has 1 N–H and O–H groups in total. The van der Waals surface area contributed by atoms with E-state index in [9.17, 15) is 13.6 Å². The smallest absolute Gasteiger partial charge is 0.387 e. The van der Waals surface area contributed by atoms with Gasteiger partial charge in [-0.3, -0.25) is 9.69 Å². The number of carbonyl (C=O) groups excluding carboxylic acids is 1. The van der Waals surface area contributed by atoms with E-state index in [2.05, 4.69) is 28.8 Å². The van der Waals surface area contributed by atoms with Crippen LogP contribution in [0.15, 0.2) is 42.5 Å². The maximum Gasteiger partial charge on any atom is 0.387 e. The first-order valence-corrected chi connectivity index (χ1v) is 9.00. The summed E-state index contributed by atoms with van der Waals surface area (Å²) < 4.78 is 35.1. The van der Waals surface area contributed by atoms with Gasteiger partial charge in [0.05, 0.1) is 12.7 Å². The van der Waals surface area contributed by atoms with Crippen molar-refractivity contribution in [1.82, 2.24) is 10.2 Å². The largest absolute Gasteiger partial charge is 0.493 e. The number of halogens is 2. The van der Waals surface area contributed by atoms with Gasteiger partial charge in [-0.25, -0.2) is 0 Å². The molecule has 0 bridgehead atoms. The lowest BCUT2D eigenvalue weighted by atomic mass is 10.1. The van der Waals surface area contributed by atoms with Gasteiger partial charge in [0.15, 0.2) is 11.5 Å². The van der Waals surface area contributed by atoms with Gasteiger partial charge < -0.3 is 14.8 Å². The monoisotopic (exact) mass is 392 g/mol. The summed E-state index contributed by atoms with van der Waals surface area (Å²) in [4.78, 5) is 14.8. The van der Waals surface area contributed by atoms with Gasteiger partial charge in [0, 0.05) is 19.1 Å². The molecule has 1 amide bonds. The van der Waals surface area contributed by atoms with Gasteiger partial charge in [0.1, 0.15) is 0 Å². The topological polar surface area (TPSA) is 50.8 Å². The maximum atomic E-state index is 12.8. The Morgan fingerprint density at radius 1 is 1.11 bits per heavy atom. The van der Waals surface area contributed by atoms with Gasteiger partial charge in [-0.1, -0.05) is 30.3 Å². The van der Waals surface area contributed by atoms with Gasteiger partial charge in [-0.15, -0.1) is 0 Å². The van der Waals surface area contributed by atoms with E-state index >= 15 is 0 Å². The second-order valence-corrected chi connectivity index (χ2v) is 6.68. The summed E-state index contributed by atoms with van der Waals surface area (Å²) in [5.74, 6) is -0.709. The molecule has 152 valence electrons. The summed E-state index contributed by atoms with van der Waals surface area (Å²) >= 11 is 0. The quantitative estimate of drug-likeness (QED) is 0.699. The zero-order chi connectivity index (χ0) is 20.7. The summed E-state index contributed by atoms with van der Waals surface area (Å²) in [6.45, 7) is 2.17. The molecule has 0 spiro atoms. The molecule has 0 fully saturated rings. The molecule has 2 rings (SSSR count). The number of rotatable bonds is 9. The van der Waals surface area contributed by atoms with Crippen LogP contribution < -0.4 is 14.8 Å². The molecular formula is C21H26F2N2O3. The molecule has 0 aromatic heterocycles. The van der Waals surface area contributed by atoms with E-state index in [1.807, 2.05) is 31.3 Å². The molecule has 5 nitrogen and oxygen atoms in total. The van der Waals surface area contributed by atoms with E-state index in [4.69, 9.17) is 4.74 Å². The number of para-hydroxylation sites is 1. The van der Waals surface area contributed by atoms with Gasteiger partial charge in [-0.2, -0.15) is 8.78 Å². The second kappa shape index (κ2) is 10.0. The number of methoxy groups -OCH3 is 1. The number of alkyl halides is 2. The number of carbonyl (C=O) groups is 1. The average molecular weight is 392 g/mol. The second-order valence-electron chi connectivity index (χ2n) is 6.68. The molecule has 2 aromatic rings. The Hall–Kier alpha value is -2.67. The van der Waals surface area contributed by atoms with E-state index in [0.29, 0.717) is 6.04 Å². The molecule has 0 radical (unpaired) electrons. The minimum atomic E-state index is -3.06. The van der Waals surface area contributed by atoms with E-state index in [1.54, 1.807) is 6.07 Å². The lowest BCUT2D eigenvalue weighted by Crippen LogP contribution is -2.28. The van der Waals surface area contributed by atoms with E-state index in [0.717, 1.165) is 17.7 Å². The van der Waals surface area contributed by atoms with Crippen LogP contribution in [0.3, 0.4) is 0 Å². The number of hydrogen-bond acceptors (Lipinski definition) is 4. The Morgan fingerprint density at radius 3 is 2.39 bits per heavy atom. The Morgan fingerprint density at radius 2 is 1.79 bits per heavy atom. The van der Waals surface area contributed by atoms with Crippen LogP contribution in [-0.2, 0) is 13.1 Å². The van der Waals surface area contributed by atoms with Crippen molar-refractivity contribution in [3.63, 3.8) is 0 Å². The third-order valence-electron chi connectivity index (χ3n) is 4.51. The molecule has 0 aliphatic rings. The van der Waals surface area contributed by atoms with Crippen molar-refractivity contribution in [1.29, 1.82) is 0 Å². The molecule has 0 unspecified atom stereocenters. The minimum Gasteiger partial charge on any atom is -0.493 e. The lowest BCUT2D eigenvalue weighted by molar-refractivity contribution is -0.0515. The Kier molecular flexibility index (Phi) is 7.75. The number of nitrogens with one attached hydrogen (secondary N) is 1. The fourth-order valence-electron chi connectivity index (χ4n) is 2.67. The molecule has 0 saturated carbocycles. The summed E-state index contributed by atoms with van der Waals surface area (Å²) in [6, 6.07) is 12.6. The maximum absolute atomic E-state index is 12.8. The zero-order valence-electron chi connectivity index (χ0n) is 16.5. The van der Waals surface area contributed by atoms with E-state index in [1.165, 1.54) is 19.2 Å². The number of benzene rings is 2. The van der Waals surface area contributed by atoms with Crippen LogP contribution in [0.25, 0.3) is 0 Å².